The van der Waals surface area contributed by atoms with Gasteiger partial charge in [0.05, 0.1) is 0 Å². The van der Waals surface area contributed by atoms with Gasteiger partial charge in [0.2, 0.25) is 0 Å². The summed E-state index contributed by atoms with van der Waals surface area (Å²) in [5, 5.41) is 6.65. The van der Waals surface area contributed by atoms with E-state index in [0.717, 1.165) is 116 Å². The minimum Gasteiger partial charge on any atom is -0.456 e. The predicted octanol–water partition coefficient (Wildman–Crippen LogP) is 17.5. The van der Waals surface area contributed by atoms with Crippen molar-refractivity contribution in [2.75, 3.05) is 4.90 Å². The Bertz CT molecular complexity index is 3870. The molecule has 0 amide bonds. The van der Waals surface area contributed by atoms with E-state index < -0.39 is 0 Å². The van der Waals surface area contributed by atoms with Gasteiger partial charge in [-0.3, -0.25) is 0 Å². The van der Waals surface area contributed by atoms with Crippen LogP contribution in [0, 0.1) is 0 Å². The lowest BCUT2D eigenvalue weighted by Gasteiger charge is -2.26. The van der Waals surface area contributed by atoms with Crippen LogP contribution in [0.1, 0.15) is 0 Å². The van der Waals surface area contributed by atoms with Crippen molar-refractivity contribution in [3.8, 4) is 44.5 Å². The molecule has 0 unspecified atom stereocenters. The van der Waals surface area contributed by atoms with Crippen LogP contribution < -0.4 is 4.90 Å². The summed E-state index contributed by atoms with van der Waals surface area (Å²) in [5.41, 5.74) is 17.4. The number of furan rings is 3. The monoisotopic (exact) mass is 819 g/mol. The summed E-state index contributed by atoms with van der Waals surface area (Å²) in [4.78, 5) is 2.32. The maximum atomic E-state index is 6.42. The third-order valence-corrected chi connectivity index (χ3v) is 12.7. The number of hydrogen-bond donors (Lipinski definition) is 0. The Morgan fingerprint density at radius 1 is 0.234 bits per heavy atom. The van der Waals surface area contributed by atoms with Gasteiger partial charge in [-0.1, -0.05) is 152 Å². The van der Waals surface area contributed by atoms with Gasteiger partial charge in [0.15, 0.2) is 0 Å². The van der Waals surface area contributed by atoms with Crippen molar-refractivity contribution in [2.45, 2.75) is 0 Å². The Balaban J connectivity index is 0.868. The first-order chi connectivity index (χ1) is 31.7. The molecule has 3 heterocycles. The molecule has 13 rings (SSSR count). The van der Waals surface area contributed by atoms with Crippen LogP contribution in [0.2, 0.25) is 0 Å². The predicted molar refractivity (Wildman–Crippen MR) is 265 cm³/mol. The quantitative estimate of drug-likeness (QED) is 0.161. The number of fused-ring (bicyclic) bond motifs is 9. The third-order valence-electron chi connectivity index (χ3n) is 12.7. The van der Waals surface area contributed by atoms with Crippen molar-refractivity contribution in [2.24, 2.45) is 0 Å². The summed E-state index contributed by atoms with van der Waals surface area (Å²) >= 11 is 0. The number of hydrogen-bond acceptors (Lipinski definition) is 4. The topological polar surface area (TPSA) is 42.7 Å². The Morgan fingerprint density at radius 3 is 1.19 bits per heavy atom. The SMILES string of the molecule is c1ccc(-c2ccc(N(c3ccc(-c4ccc5oc6ccc(-c7cccc8c7oc7ccccc78)cc6c5c4)cc3)c3ccc(-c4cccc5c4oc4ccccc45)cc3)cc2)cc1. The first-order valence-electron chi connectivity index (χ1n) is 21.6. The zero-order valence-electron chi connectivity index (χ0n) is 34.5. The minimum atomic E-state index is 0.859. The minimum absolute atomic E-state index is 0.859. The maximum absolute atomic E-state index is 6.42. The number of anilines is 3. The smallest absolute Gasteiger partial charge is 0.143 e. The van der Waals surface area contributed by atoms with Crippen LogP contribution in [0.4, 0.5) is 17.1 Å². The highest BCUT2D eigenvalue weighted by molar-refractivity contribution is 6.12. The molecule has 0 aliphatic carbocycles. The molecule has 64 heavy (non-hydrogen) atoms. The molecule has 0 aliphatic heterocycles. The van der Waals surface area contributed by atoms with Crippen LogP contribution >= 0.6 is 0 Å². The molecule has 0 spiro atoms. The van der Waals surface area contributed by atoms with Gasteiger partial charge in [0.1, 0.15) is 33.5 Å². The van der Waals surface area contributed by atoms with Crippen LogP contribution in [0.3, 0.4) is 0 Å². The average molecular weight is 820 g/mol. The standard InChI is InChI=1S/C60H37NO3/c1-2-10-38(11-3-1)39-20-28-44(29-21-39)61(46-32-24-41(25-33-46)47-14-8-16-51-49-12-4-6-18-55(49)63-59(47)51)45-30-22-40(23-31-45)42-26-34-57-53(36-42)54-37-43(27-35-58(54)62-57)48-15-9-17-52-50-13-5-7-19-56(50)64-60(48)52/h1-37H. The van der Waals surface area contributed by atoms with Crippen molar-refractivity contribution in [1.82, 2.24) is 0 Å². The van der Waals surface area contributed by atoms with E-state index in [1.807, 2.05) is 24.3 Å². The van der Waals surface area contributed by atoms with Crippen LogP contribution in [-0.2, 0) is 0 Å². The van der Waals surface area contributed by atoms with Crippen LogP contribution in [0.25, 0.3) is 110 Å². The number of nitrogens with zero attached hydrogens (tertiary/aromatic N) is 1. The molecule has 0 fully saturated rings. The van der Waals surface area contributed by atoms with E-state index in [-0.39, 0.29) is 0 Å². The molecule has 300 valence electrons. The lowest BCUT2D eigenvalue weighted by molar-refractivity contribution is 0.668. The van der Waals surface area contributed by atoms with Gasteiger partial charge in [-0.2, -0.15) is 0 Å². The molecule has 0 aliphatic rings. The largest absolute Gasteiger partial charge is 0.456 e. The first kappa shape index (κ1) is 36.1. The molecule has 10 aromatic carbocycles. The van der Waals surface area contributed by atoms with Gasteiger partial charge in [0.25, 0.3) is 0 Å². The number of para-hydroxylation sites is 4. The Kier molecular flexibility index (Phi) is 8.18. The molecule has 13 aromatic rings. The molecular formula is C60H37NO3. The zero-order chi connectivity index (χ0) is 42.1. The summed E-state index contributed by atoms with van der Waals surface area (Å²) < 4.78 is 19.2. The number of benzene rings is 10. The molecule has 0 bridgehead atoms. The fourth-order valence-electron chi connectivity index (χ4n) is 9.55. The molecule has 0 N–H and O–H groups in total. The van der Waals surface area contributed by atoms with Gasteiger partial charge in [-0.25, -0.2) is 0 Å². The molecule has 0 saturated heterocycles. The molecular weight excluding hydrogens is 783 g/mol. The van der Waals surface area contributed by atoms with Crippen molar-refractivity contribution >= 4 is 82.9 Å². The third kappa shape index (κ3) is 5.92. The van der Waals surface area contributed by atoms with Gasteiger partial charge in [0, 0.05) is 60.5 Å². The van der Waals surface area contributed by atoms with E-state index in [4.69, 9.17) is 13.3 Å². The fraction of sp³-hybridized carbons (Fsp3) is 0. The molecule has 0 atom stereocenters. The summed E-state index contributed by atoms with van der Waals surface area (Å²) in [6.45, 7) is 0. The second-order valence-corrected chi connectivity index (χ2v) is 16.4. The van der Waals surface area contributed by atoms with Gasteiger partial charge >= 0.3 is 0 Å². The molecule has 4 heteroatoms. The molecule has 4 nitrogen and oxygen atoms in total. The van der Waals surface area contributed by atoms with Crippen LogP contribution in [0.15, 0.2) is 238 Å². The average Bonchev–Trinajstić information content (AvgIpc) is 4.06. The second-order valence-electron chi connectivity index (χ2n) is 16.4. The second kappa shape index (κ2) is 14.5. The van der Waals surface area contributed by atoms with E-state index in [9.17, 15) is 0 Å². The first-order valence-corrected chi connectivity index (χ1v) is 21.6. The van der Waals surface area contributed by atoms with Crippen molar-refractivity contribution in [1.29, 1.82) is 0 Å². The summed E-state index contributed by atoms with van der Waals surface area (Å²) in [6.07, 6.45) is 0. The Labute approximate surface area is 368 Å². The highest BCUT2D eigenvalue weighted by Crippen LogP contribution is 2.42. The van der Waals surface area contributed by atoms with Crippen LogP contribution in [0.5, 0.6) is 0 Å². The summed E-state index contributed by atoms with van der Waals surface area (Å²) in [6, 6.07) is 79.2. The Hall–Kier alpha value is -8.60. The van der Waals surface area contributed by atoms with Gasteiger partial charge < -0.3 is 18.2 Å². The lowest BCUT2D eigenvalue weighted by atomic mass is 9.99. The normalized spacial score (nSPS) is 11.8. The van der Waals surface area contributed by atoms with E-state index in [0.29, 0.717) is 0 Å². The van der Waals surface area contributed by atoms with Crippen molar-refractivity contribution < 1.29 is 13.3 Å². The van der Waals surface area contributed by atoms with Gasteiger partial charge in [-0.05, 0) is 106 Å². The van der Waals surface area contributed by atoms with E-state index >= 15 is 0 Å². The zero-order valence-corrected chi connectivity index (χ0v) is 34.5. The van der Waals surface area contributed by atoms with E-state index in [1.165, 1.54) is 11.1 Å². The van der Waals surface area contributed by atoms with Gasteiger partial charge in [-0.15, -0.1) is 0 Å². The van der Waals surface area contributed by atoms with Crippen LogP contribution in [-0.4, -0.2) is 0 Å². The molecule has 3 aromatic heterocycles. The molecule has 0 radical (unpaired) electrons. The Morgan fingerprint density at radius 2 is 0.625 bits per heavy atom. The number of rotatable bonds is 7. The summed E-state index contributed by atoms with van der Waals surface area (Å²) in [7, 11) is 0. The highest BCUT2D eigenvalue weighted by atomic mass is 16.3. The summed E-state index contributed by atoms with van der Waals surface area (Å²) in [5.74, 6) is 0. The van der Waals surface area contributed by atoms with Crippen molar-refractivity contribution in [3.05, 3.63) is 224 Å². The fourth-order valence-corrected chi connectivity index (χ4v) is 9.55. The highest BCUT2D eigenvalue weighted by Gasteiger charge is 2.18. The van der Waals surface area contributed by atoms with E-state index in [2.05, 4.69) is 205 Å². The lowest BCUT2D eigenvalue weighted by Crippen LogP contribution is -2.09. The molecule has 0 saturated carbocycles. The maximum Gasteiger partial charge on any atom is 0.143 e. The van der Waals surface area contributed by atoms with Crippen molar-refractivity contribution in [3.63, 3.8) is 0 Å². The van der Waals surface area contributed by atoms with E-state index in [1.54, 1.807) is 0 Å².